The molecule has 0 fully saturated rings. The summed E-state index contributed by atoms with van der Waals surface area (Å²) in [6.45, 7) is 2.71. The molecule has 1 unspecified atom stereocenters. The fourth-order valence-electron chi connectivity index (χ4n) is 3.77. The molecule has 172 valence electrons. The van der Waals surface area contributed by atoms with Crippen LogP contribution in [0.1, 0.15) is 24.4 Å². The highest BCUT2D eigenvalue weighted by Crippen LogP contribution is 2.37. The minimum atomic E-state index is -0.425. The zero-order chi connectivity index (χ0) is 23.4. The highest BCUT2D eigenvalue weighted by atomic mass is 32.2. The number of nitrogens with one attached hydrogen (secondary N) is 1. The molecule has 1 atom stereocenters. The molecular formula is C24H26N4O4S. The van der Waals surface area contributed by atoms with Gasteiger partial charge in [0.05, 0.1) is 31.9 Å². The van der Waals surface area contributed by atoms with Gasteiger partial charge in [-0.3, -0.25) is 4.90 Å². The lowest BCUT2D eigenvalue weighted by Gasteiger charge is -2.35. The van der Waals surface area contributed by atoms with Crippen molar-refractivity contribution in [2.24, 2.45) is 0 Å². The summed E-state index contributed by atoms with van der Waals surface area (Å²) in [7, 11) is 3.22. The Morgan fingerprint density at radius 3 is 2.67 bits per heavy atom. The van der Waals surface area contributed by atoms with E-state index in [2.05, 4.69) is 15.5 Å². The number of aromatic nitrogens is 2. The second-order valence-corrected chi connectivity index (χ2v) is 8.33. The topological polar surface area (TPSA) is 89.7 Å². The van der Waals surface area contributed by atoms with Crippen molar-refractivity contribution < 1.29 is 18.8 Å². The van der Waals surface area contributed by atoms with Crippen LogP contribution in [0, 0.1) is 0 Å². The Labute approximate surface area is 197 Å². The number of ether oxygens (including phenoxy) is 2. The zero-order valence-electron chi connectivity index (χ0n) is 19.0. The minimum Gasteiger partial charge on any atom is -0.497 e. The molecule has 33 heavy (non-hydrogen) atoms. The quantitative estimate of drug-likeness (QED) is 0.485. The van der Waals surface area contributed by atoms with Gasteiger partial charge in [0, 0.05) is 23.3 Å². The first-order chi connectivity index (χ1) is 16.0. The number of urea groups is 1. The normalized spacial score (nSPS) is 16.2. The number of allylic oxidation sites excluding steroid dienone is 1. The number of benzene rings is 2. The van der Waals surface area contributed by atoms with Crippen molar-refractivity contribution in [1.82, 2.24) is 20.4 Å². The Morgan fingerprint density at radius 2 is 1.97 bits per heavy atom. The summed E-state index contributed by atoms with van der Waals surface area (Å²) in [5.41, 5.74) is 3.21. The number of thioether (sulfide) groups is 1. The zero-order valence-corrected chi connectivity index (χ0v) is 19.8. The predicted molar refractivity (Wildman–Crippen MR) is 127 cm³/mol. The SMILES string of the molecule is COCCN1C(=O)NC(c2ccc(SC)cc2)C(c2nc(-c3cccc(OC)c3)no2)=C1C. The number of carbonyl (C=O) groups excluding carboxylic acids is 1. The predicted octanol–water partition coefficient (Wildman–Crippen LogP) is 4.61. The number of amides is 2. The average Bonchev–Trinajstić information content (AvgIpc) is 3.33. The maximum Gasteiger partial charge on any atom is 0.322 e. The maximum atomic E-state index is 12.9. The third-order valence-corrected chi connectivity index (χ3v) is 6.29. The van der Waals surface area contributed by atoms with Crippen LogP contribution in [-0.2, 0) is 4.74 Å². The van der Waals surface area contributed by atoms with E-state index in [4.69, 9.17) is 14.0 Å². The van der Waals surface area contributed by atoms with E-state index in [9.17, 15) is 4.79 Å². The van der Waals surface area contributed by atoms with Crippen LogP contribution < -0.4 is 10.1 Å². The first-order valence-electron chi connectivity index (χ1n) is 10.5. The van der Waals surface area contributed by atoms with Crippen LogP contribution in [0.5, 0.6) is 5.75 Å². The van der Waals surface area contributed by atoms with Gasteiger partial charge in [0.2, 0.25) is 5.82 Å². The van der Waals surface area contributed by atoms with Gasteiger partial charge in [0.25, 0.3) is 5.89 Å². The maximum absolute atomic E-state index is 12.9. The van der Waals surface area contributed by atoms with Crippen molar-refractivity contribution in [2.45, 2.75) is 17.9 Å². The second kappa shape index (κ2) is 10.1. The summed E-state index contributed by atoms with van der Waals surface area (Å²) < 4.78 is 16.2. The number of hydrogen-bond acceptors (Lipinski definition) is 7. The number of methoxy groups -OCH3 is 2. The Balaban J connectivity index is 1.78. The number of carbonyl (C=O) groups is 1. The first kappa shape index (κ1) is 22.9. The monoisotopic (exact) mass is 466 g/mol. The molecule has 9 heteroatoms. The Bertz CT molecular complexity index is 1160. The Morgan fingerprint density at radius 1 is 1.18 bits per heavy atom. The van der Waals surface area contributed by atoms with Crippen LogP contribution in [0.4, 0.5) is 4.79 Å². The average molecular weight is 467 g/mol. The van der Waals surface area contributed by atoms with Crippen molar-refractivity contribution in [3.05, 3.63) is 65.7 Å². The van der Waals surface area contributed by atoms with E-state index in [-0.39, 0.29) is 6.03 Å². The summed E-state index contributed by atoms with van der Waals surface area (Å²) in [6.07, 6.45) is 2.03. The van der Waals surface area contributed by atoms with E-state index >= 15 is 0 Å². The van der Waals surface area contributed by atoms with Crippen LogP contribution >= 0.6 is 11.8 Å². The van der Waals surface area contributed by atoms with Crippen molar-refractivity contribution in [3.63, 3.8) is 0 Å². The Hall–Kier alpha value is -3.30. The molecule has 0 saturated heterocycles. The first-order valence-corrected chi connectivity index (χ1v) is 11.7. The van der Waals surface area contributed by atoms with Gasteiger partial charge in [0.15, 0.2) is 0 Å². The highest BCUT2D eigenvalue weighted by molar-refractivity contribution is 7.98. The summed E-state index contributed by atoms with van der Waals surface area (Å²) in [5, 5.41) is 7.29. The lowest BCUT2D eigenvalue weighted by atomic mass is 9.94. The lowest BCUT2D eigenvalue weighted by molar-refractivity contribution is 0.158. The molecule has 3 aromatic rings. The molecule has 1 N–H and O–H groups in total. The highest BCUT2D eigenvalue weighted by Gasteiger charge is 2.35. The van der Waals surface area contributed by atoms with E-state index in [0.717, 1.165) is 27.3 Å². The molecule has 0 bridgehead atoms. The molecule has 2 amide bonds. The fourth-order valence-corrected chi connectivity index (χ4v) is 4.18. The van der Waals surface area contributed by atoms with Crippen molar-refractivity contribution >= 4 is 23.4 Å². The van der Waals surface area contributed by atoms with Crippen LogP contribution in [0.15, 0.2) is 63.6 Å². The van der Waals surface area contributed by atoms with E-state index in [1.54, 1.807) is 30.9 Å². The summed E-state index contributed by atoms with van der Waals surface area (Å²) >= 11 is 1.66. The van der Waals surface area contributed by atoms with Crippen LogP contribution in [-0.4, -0.2) is 54.7 Å². The molecule has 0 radical (unpaired) electrons. The minimum absolute atomic E-state index is 0.195. The Kier molecular flexibility index (Phi) is 7.00. The van der Waals surface area contributed by atoms with Gasteiger partial charge in [-0.1, -0.05) is 29.4 Å². The van der Waals surface area contributed by atoms with Crippen LogP contribution in [0.25, 0.3) is 17.0 Å². The van der Waals surface area contributed by atoms with Crippen molar-refractivity contribution in [3.8, 4) is 17.1 Å². The molecule has 4 rings (SSSR count). The molecule has 1 aliphatic rings. The van der Waals surface area contributed by atoms with Gasteiger partial charge in [-0.15, -0.1) is 11.8 Å². The van der Waals surface area contributed by atoms with Gasteiger partial charge in [0.1, 0.15) is 5.75 Å². The lowest BCUT2D eigenvalue weighted by Crippen LogP contribution is -2.47. The molecular weight excluding hydrogens is 440 g/mol. The van der Waals surface area contributed by atoms with E-state index in [0.29, 0.717) is 30.6 Å². The second-order valence-electron chi connectivity index (χ2n) is 7.45. The molecule has 2 aromatic carbocycles. The van der Waals surface area contributed by atoms with Gasteiger partial charge < -0.3 is 19.3 Å². The summed E-state index contributed by atoms with van der Waals surface area (Å²) in [4.78, 5) is 20.4. The third-order valence-electron chi connectivity index (χ3n) is 5.55. The van der Waals surface area contributed by atoms with Crippen LogP contribution in [0.3, 0.4) is 0 Å². The molecule has 1 aliphatic heterocycles. The van der Waals surface area contributed by atoms with Gasteiger partial charge in [-0.25, -0.2) is 4.79 Å². The standard InChI is InChI=1S/C24H26N4O4S/c1-15-20(23-26-22(27-32-23)17-6-5-7-18(14-17)31-3)21(16-8-10-19(33-4)11-9-16)25-24(29)28(15)12-13-30-2/h5-11,14,21H,12-13H2,1-4H3,(H,25,29). The van der Waals surface area contributed by atoms with Crippen molar-refractivity contribution in [2.75, 3.05) is 33.6 Å². The molecule has 8 nitrogen and oxygen atoms in total. The van der Waals surface area contributed by atoms with Gasteiger partial charge >= 0.3 is 6.03 Å². The van der Waals surface area contributed by atoms with E-state index < -0.39 is 6.04 Å². The van der Waals surface area contributed by atoms with Gasteiger partial charge in [-0.05, 0) is 43.0 Å². The van der Waals surface area contributed by atoms with Crippen LogP contribution in [0.2, 0.25) is 0 Å². The third kappa shape index (κ3) is 4.74. The summed E-state index contributed by atoms with van der Waals surface area (Å²) in [5.74, 6) is 1.50. The molecule has 0 spiro atoms. The van der Waals surface area contributed by atoms with Gasteiger partial charge in [-0.2, -0.15) is 4.98 Å². The number of hydrogen-bond donors (Lipinski definition) is 1. The van der Waals surface area contributed by atoms with E-state index in [1.807, 2.05) is 61.7 Å². The molecule has 0 aliphatic carbocycles. The molecule has 0 saturated carbocycles. The smallest absolute Gasteiger partial charge is 0.322 e. The number of rotatable bonds is 8. The molecule has 2 heterocycles. The summed E-state index contributed by atoms with van der Waals surface area (Å²) in [6, 6.07) is 14.9. The largest absolute Gasteiger partial charge is 0.497 e. The van der Waals surface area contributed by atoms with E-state index in [1.165, 1.54) is 0 Å². The van der Waals surface area contributed by atoms with Crippen molar-refractivity contribution in [1.29, 1.82) is 0 Å². The fraction of sp³-hybridized carbons (Fsp3) is 0.292. The number of nitrogens with zero attached hydrogens (tertiary/aromatic N) is 3. The molecule has 1 aromatic heterocycles.